The predicted molar refractivity (Wildman–Crippen MR) is 31.2 cm³/mol. The van der Waals surface area contributed by atoms with Crippen molar-refractivity contribution in [2.45, 2.75) is 13.0 Å². The third kappa shape index (κ3) is 0.869. The number of aromatic nitrogens is 2. The average molecular weight is 111 g/mol. The number of hydrogen-bond donors (Lipinski definition) is 2. The van der Waals surface area contributed by atoms with Gasteiger partial charge in [0, 0.05) is 12.4 Å². The van der Waals surface area contributed by atoms with Gasteiger partial charge in [-0.2, -0.15) is 0 Å². The Labute approximate surface area is 47.9 Å². The van der Waals surface area contributed by atoms with Gasteiger partial charge in [0.15, 0.2) is 0 Å². The van der Waals surface area contributed by atoms with E-state index in [-0.39, 0.29) is 6.04 Å². The normalized spacial score (nSPS) is 13.8. The van der Waals surface area contributed by atoms with Gasteiger partial charge >= 0.3 is 0 Å². The van der Waals surface area contributed by atoms with Crippen LogP contribution in [-0.4, -0.2) is 9.97 Å². The second-order valence-electron chi connectivity index (χ2n) is 1.76. The van der Waals surface area contributed by atoms with Crippen LogP contribution in [0.15, 0.2) is 12.4 Å². The van der Waals surface area contributed by atoms with Crippen molar-refractivity contribution in [3.05, 3.63) is 18.2 Å². The van der Waals surface area contributed by atoms with Crippen molar-refractivity contribution in [2.24, 2.45) is 5.73 Å². The highest BCUT2D eigenvalue weighted by atomic mass is 14.9. The molecule has 0 unspecified atom stereocenters. The van der Waals surface area contributed by atoms with E-state index in [1.54, 1.807) is 12.4 Å². The lowest BCUT2D eigenvalue weighted by Crippen LogP contribution is -2.06. The third-order valence-corrected chi connectivity index (χ3v) is 0.951. The van der Waals surface area contributed by atoms with E-state index >= 15 is 0 Å². The average Bonchev–Trinajstić information content (AvgIpc) is 2.12. The van der Waals surface area contributed by atoms with Crippen molar-refractivity contribution in [1.29, 1.82) is 0 Å². The quantitative estimate of drug-likeness (QED) is 0.552. The molecule has 0 saturated carbocycles. The molecule has 0 aromatic carbocycles. The fraction of sp³-hybridized carbons (Fsp3) is 0.400. The molecule has 0 aliphatic heterocycles. The molecule has 8 heavy (non-hydrogen) atoms. The number of rotatable bonds is 1. The predicted octanol–water partition coefficient (Wildman–Crippen LogP) is 0.429. The highest BCUT2D eigenvalue weighted by Crippen LogP contribution is 1.98. The van der Waals surface area contributed by atoms with E-state index < -0.39 is 0 Å². The van der Waals surface area contributed by atoms with Crippen LogP contribution in [0.25, 0.3) is 0 Å². The Hall–Kier alpha value is -0.830. The van der Waals surface area contributed by atoms with Crippen molar-refractivity contribution in [3.8, 4) is 0 Å². The second kappa shape index (κ2) is 1.96. The van der Waals surface area contributed by atoms with Crippen LogP contribution in [0.3, 0.4) is 0 Å². The lowest BCUT2D eigenvalue weighted by atomic mass is 10.3. The molecule has 1 heterocycles. The number of imidazole rings is 1. The summed E-state index contributed by atoms with van der Waals surface area (Å²) in [6.45, 7) is 1.89. The number of hydrogen-bond acceptors (Lipinski definition) is 2. The molecule has 0 aliphatic carbocycles. The largest absolute Gasteiger partial charge is 0.347 e. The molecule has 0 spiro atoms. The van der Waals surface area contributed by atoms with E-state index in [2.05, 4.69) is 9.97 Å². The Bertz CT molecular complexity index is 143. The van der Waals surface area contributed by atoms with Crippen LogP contribution in [0.5, 0.6) is 0 Å². The molecule has 1 aromatic heterocycles. The van der Waals surface area contributed by atoms with Crippen LogP contribution in [0.1, 0.15) is 18.8 Å². The highest BCUT2D eigenvalue weighted by molar-refractivity contribution is 4.91. The summed E-state index contributed by atoms with van der Waals surface area (Å²) in [5, 5.41) is 0. The van der Waals surface area contributed by atoms with Crippen LogP contribution in [0.2, 0.25) is 0 Å². The topological polar surface area (TPSA) is 54.7 Å². The molecule has 0 saturated heterocycles. The second-order valence-corrected chi connectivity index (χ2v) is 1.76. The monoisotopic (exact) mass is 111 g/mol. The molecular formula is C5H9N3. The van der Waals surface area contributed by atoms with Gasteiger partial charge in [-0.3, -0.25) is 0 Å². The van der Waals surface area contributed by atoms with Crippen LogP contribution in [0.4, 0.5) is 0 Å². The van der Waals surface area contributed by atoms with Crippen molar-refractivity contribution < 1.29 is 0 Å². The first kappa shape index (κ1) is 5.31. The molecule has 1 atom stereocenters. The Morgan fingerprint density at radius 3 is 2.88 bits per heavy atom. The number of H-pyrrole nitrogens is 1. The van der Waals surface area contributed by atoms with E-state index in [0.29, 0.717) is 0 Å². The lowest BCUT2D eigenvalue weighted by molar-refractivity contribution is 0.756. The number of nitrogens with zero attached hydrogens (tertiary/aromatic N) is 1. The van der Waals surface area contributed by atoms with Gasteiger partial charge in [0.1, 0.15) is 5.82 Å². The van der Waals surface area contributed by atoms with Gasteiger partial charge in [-0.1, -0.05) is 0 Å². The first-order chi connectivity index (χ1) is 3.80. The molecular weight excluding hydrogens is 102 g/mol. The van der Waals surface area contributed by atoms with Gasteiger partial charge in [-0.25, -0.2) is 4.98 Å². The minimum atomic E-state index is 0.0185. The fourth-order valence-corrected chi connectivity index (χ4v) is 0.526. The molecule has 0 fully saturated rings. The van der Waals surface area contributed by atoms with Crippen molar-refractivity contribution in [1.82, 2.24) is 9.97 Å². The van der Waals surface area contributed by atoms with Crippen LogP contribution in [-0.2, 0) is 0 Å². The molecule has 0 amide bonds. The summed E-state index contributed by atoms with van der Waals surface area (Å²) < 4.78 is 0. The summed E-state index contributed by atoms with van der Waals surface area (Å²) in [7, 11) is 0. The first-order valence-electron chi connectivity index (χ1n) is 2.55. The lowest BCUT2D eigenvalue weighted by Gasteiger charge is -1.95. The molecule has 3 N–H and O–H groups in total. The molecule has 3 nitrogen and oxygen atoms in total. The van der Waals surface area contributed by atoms with E-state index in [1.165, 1.54) is 0 Å². The minimum absolute atomic E-state index is 0.0185. The van der Waals surface area contributed by atoms with Gasteiger partial charge in [-0.15, -0.1) is 0 Å². The first-order valence-corrected chi connectivity index (χ1v) is 2.55. The Kier molecular flexibility index (Phi) is 1.30. The smallest absolute Gasteiger partial charge is 0.122 e. The number of nitrogens with two attached hydrogens (primary N) is 1. The summed E-state index contributed by atoms with van der Waals surface area (Å²) >= 11 is 0. The fourth-order valence-electron chi connectivity index (χ4n) is 0.526. The molecule has 1 aromatic rings. The molecule has 0 bridgehead atoms. The van der Waals surface area contributed by atoms with Crippen LogP contribution < -0.4 is 5.73 Å². The summed E-state index contributed by atoms with van der Waals surface area (Å²) in [5.41, 5.74) is 5.46. The Balaban J connectivity index is 2.77. The minimum Gasteiger partial charge on any atom is -0.347 e. The van der Waals surface area contributed by atoms with E-state index in [1.807, 2.05) is 6.92 Å². The molecule has 0 aliphatic rings. The maximum absolute atomic E-state index is 5.46. The van der Waals surface area contributed by atoms with E-state index in [4.69, 9.17) is 5.73 Å². The SMILES string of the molecule is C[C@@H](N)c1ncc[nH]1. The van der Waals surface area contributed by atoms with Gasteiger partial charge in [0.25, 0.3) is 0 Å². The zero-order valence-corrected chi connectivity index (χ0v) is 4.76. The van der Waals surface area contributed by atoms with Gasteiger partial charge in [0.2, 0.25) is 0 Å². The summed E-state index contributed by atoms with van der Waals surface area (Å²) in [6.07, 6.45) is 3.46. The Morgan fingerprint density at radius 1 is 1.88 bits per heavy atom. The standard InChI is InChI=1S/C5H9N3/c1-4(6)5-7-2-3-8-5/h2-4H,6H2,1H3,(H,7,8)/t4-/m1/s1. The van der Waals surface area contributed by atoms with Gasteiger partial charge in [0.05, 0.1) is 6.04 Å². The summed E-state index contributed by atoms with van der Waals surface area (Å²) in [4.78, 5) is 6.84. The van der Waals surface area contributed by atoms with Gasteiger partial charge < -0.3 is 10.7 Å². The van der Waals surface area contributed by atoms with Crippen molar-refractivity contribution in [2.75, 3.05) is 0 Å². The van der Waals surface area contributed by atoms with Gasteiger partial charge in [-0.05, 0) is 6.92 Å². The highest BCUT2D eigenvalue weighted by Gasteiger charge is 1.97. The van der Waals surface area contributed by atoms with E-state index in [9.17, 15) is 0 Å². The zero-order chi connectivity index (χ0) is 5.98. The van der Waals surface area contributed by atoms with Crippen molar-refractivity contribution in [3.63, 3.8) is 0 Å². The van der Waals surface area contributed by atoms with Crippen LogP contribution in [0, 0.1) is 0 Å². The Morgan fingerprint density at radius 2 is 2.62 bits per heavy atom. The molecule has 1 rings (SSSR count). The molecule has 44 valence electrons. The molecule has 0 radical (unpaired) electrons. The van der Waals surface area contributed by atoms with Crippen molar-refractivity contribution >= 4 is 0 Å². The van der Waals surface area contributed by atoms with E-state index in [0.717, 1.165) is 5.82 Å². The van der Waals surface area contributed by atoms with Crippen LogP contribution >= 0.6 is 0 Å². The number of nitrogens with one attached hydrogen (secondary N) is 1. The molecule has 3 heteroatoms. The number of aromatic amines is 1. The third-order valence-electron chi connectivity index (χ3n) is 0.951. The summed E-state index contributed by atoms with van der Waals surface area (Å²) in [5.74, 6) is 0.838. The zero-order valence-electron chi connectivity index (χ0n) is 4.76. The summed E-state index contributed by atoms with van der Waals surface area (Å²) in [6, 6.07) is 0.0185. The maximum Gasteiger partial charge on any atom is 0.122 e. The maximum atomic E-state index is 5.46.